The van der Waals surface area contributed by atoms with Gasteiger partial charge in [0, 0.05) is 6.07 Å². The average Bonchev–Trinajstić information content (AvgIpc) is 3.00. The predicted octanol–water partition coefficient (Wildman–Crippen LogP) is 3.33. The Balaban J connectivity index is 2.04. The molecular weight excluding hydrogens is 552 g/mol. The Morgan fingerprint density at radius 3 is 2.10 bits per heavy atom. The van der Waals surface area contributed by atoms with Crippen LogP contribution in [0.3, 0.4) is 0 Å². The van der Waals surface area contributed by atoms with E-state index >= 15 is 0 Å². The second kappa shape index (κ2) is 11.3. The van der Waals surface area contributed by atoms with Gasteiger partial charge in [0.2, 0.25) is 9.84 Å². The Hall–Kier alpha value is -5.48. The van der Waals surface area contributed by atoms with Gasteiger partial charge < -0.3 is 15.2 Å². The zero-order chi connectivity index (χ0) is 29.9. The second-order valence-electron chi connectivity index (χ2n) is 8.56. The van der Waals surface area contributed by atoms with Crippen molar-refractivity contribution < 1.29 is 32.4 Å². The molecule has 0 saturated heterocycles. The molecule has 41 heavy (non-hydrogen) atoms. The van der Waals surface area contributed by atoms with Crippen LogP contribution in [0.2, 0.25) is 0 Å². The van der Waals surface area contributed by atoms with E-state index in [9.17, 15) is 33.4 Å². The first-order valence-electron chi connectivity index (χ1n) is 11.8. The van der Waals surface area contributed by atoms with E-state index in [1.165, 1.54) is 30.3 Å². The molecule has 0 spiro atoms. The molecule has 0 bridgehead atoms. The molecular formula is C28H22N4O8S. The Labute approximate surface area is 234 Å². The summed E-state index contributed by atoms with van der Waals surface area (Å²) < 4.78 is 36.4. The smallest absolute Gasteiger partial charge is 0.355 e. The lowest BCUT2D eigenvalue weighted by atomic mass is 9.81. The number of nitriles is 1. The number of nitrogens with zero attached hydrogens (tertiary/aromatic N) is 3. The highest BCUT2D eigenvalue weighted by Gasteiger charge is 2.43. The molecule has 0 radical (unpaired) electrons. The Morgan fingerprint density at radius 1 is 0.976 bits per heavy atom. The van der Waals surface area contributed by atoms with Gasteiger partial charge in [0.15, 0.2) is 0 Å². The normalized spacial score (nSPS) is 15.2. The van der Waals surface area contributed by atoms with Gasteiger partial charge in [0.25, 0.3) is 5.69 Å². The lowest BCUT2D eigenvalue weighted by Crippen LogP contribution is -2.40. The molecule has 13 heteroatoms. The number of nitro groups is 1. The van der Waals surface area contributed by atoms with Crippen LogP contribution in [-0.2, 0) is 28.9 Å². The monoisotopic (exact) mass is 574 g/mol. The maximum absolute atomic E-state index is 13.3. The first-order chi connectivity index (χ1) is 19.6. The summed E-state index contributed by atoms with van der Waals surface area (Å²) in [5, 5.41) is 22.3. The molecule has 4 rings (SSSR count). The molecule has 12 nitrogen and oxygen atoms in total. The predicted molar refractivity (Wildman–Crippen MR) is 145 cm³/mol. The number of anilines is 1. The van der Waals surface area contributed by atoms with Crippen molar-refractivity contribution in [2.45, 2.75) is 15.7 Å². The molecule has 0 saturated carbocycles. The van der Waals surface area contributed by atoms with Crippen molar-refractivity contribution in [3.8, 4) is 6.07 Å². The van der Waals surface area contributed by atoms with Crippen molar-refractivity contribution in [1.82, 2.24) is 0 Å². The summed E-state index contributed by atoms with van der Waals surface area (Å²) in [4.78, 5) is 37.8. The van der Waals surface area contributed by atoms with Gasteiger partial charge in [0.05, 0.1) is 52.9 Å². The summed E-state index contributed by atoms with van der Waals surface area (Å²) >= 11 is 0. The van der Waals surface area contributed by atoms with Crippen LogP contribution in [-0.4, -0.2) is 39.5 Å². The maximum atomic E-state index is 13.3. The molecule has 0 amide bonds. The zero-order valence-electron chi connectivity index (χ0n) is 21.7. The molecule has 0 fully saturated rings. The fourth-order valence-electron chi connectivity index (χ4n) is 4.52. The Kier molecular flexibility index (Phi) is 7.88. The number of benzene rings is 3. The fourth-order valence-corrected chi connectivity index (χ4v) is 5.95. The number of hydrogen-bond acceptors (Lipinski definition) is 11. The Bertz CT molecular complexity index is 1760. The number of ether oxygens (including phenoxy) is 2. The third-order valence-corrected chi connectivity index (χ3v) is 8.17. The topological polar surface area (TPSA) is 183 Å². The van der Waals surface area contributed by atoms with Crippen LogP contribution in [0.4, 0.5) is 11.4 Å². The van der Waals surface area contributed by atoms with Gasteiger partial charge in [-0.25, -0.2) is 18.0 Å². The summed E-state index contributed by atoms with van der Waals surface area (Å²) in [5.74, 6) is -3.52. The van der Waals surface area contributed by atoms with E-state index in [1.807, 2.05) is 6.07 Å². The first kappa shape index (κ1) is 28.5. The van der Waals surface area contributed by atoms with Crippen LogP contribution in [0, 0.1) is 21.4 Å². The molecule has 1 aliphatic heterocycles. The Morgan fingerprint density at radius 2 is 1.56 bits per heavy atom. The van der Waals surface area contributed by atoms with Gasteiger partial charge in [-0.05, 0) is 29.8 Å². The van der Waals surface area contributed by atoms with Crippen LogP contribution < -0.4 is 10.6 Å². The van der Waals surface area contributed by atoms with Crippen LogP contribution in [0.15, 0.2) is 111 Å². The fraction of sp³-hybridized carbons (Fsp3) is 0.107. The van der Waals surface area contributed by atoms with Crippen LogP contribution in [0.1, 0.15) is 11.5 Å². The largest absolute Gasteiger partial charge is 0.466 e. The number of esters is 2. The summed E-state index contributed by atoms with van der Waals surface area (Å²) in [7, 11) is -2.20. The lowest BCUT2D eigenvalue weighted by molar-refractivity contribution is -0.387. The van der Waals surface area contributed by atoms with Crippen molar-refractivity contribution in [1.29, 1.82) is 5.26 Å². The van der Waals surface area contributed by atoms with E-state index < -0.39 is 48.9 Å². The van der Waals surface area contributed by atoms with Gasteiger partial charge >= 0.3 is 11.9 Å². The minimum Gasteiger partial charge on any atom is -0.466 e. The quantitative estimate of drug-likeness (QED) is 0.248. The van der Waals surface area contributed by atoms with Crippen LogP contribution >= 0.6 is 0 Å². The zero-order valence-corrected chi connectivity index (χ0v) is 22.5. The van der Waals surface area contributed by atoms with Crippen molar-refractivity contribution >= 4 is 33.2 Å². The van der Waals surface area contributed by atoms with Gasteiger partial charge in [0.1, 0.15) is 16.4 Å². The summed E-state index contributed by atoms with van der Waals surface area (Å²) in [6.07, 6.45) is 0. The van der Waals surface area contributed by atoms with Gasteiger partial charge in [-0.2, -0.15) is 5.26 Å². The van der Waals surface area contributed by atoms with Crippen LogP contribution in [0.5, 0.6) is 0 Å². The number of allylic oxidation sites excluding steroid dienone is 1. The number of nitrogens with two attached hydrogens (primary N) is 1. The molecule has 1 heterocycles. The number of nitro benzene ring substituents is 1. The highest BCUT2D eigenvalue weighted by Crippen LogP contribution is 2.44. The minimum atomic E-state index is -4.33. The minimum absolute atomic E-state index is 0.159. The SMILES string of the molecule is COC(=O)C1=C(C(=O)OC)N(c2ccc(S(=O)(=O)c3ccccc3)c([N+](=O)[O-])c2)C(N)=C(C#N)C1c1ccccc1. The van der Waals surface area contributed by atoms with Crippen molar-refractivity contribution in [3.05, 3.63) is 117 Å². The van der Waals surface area contributed by atoms with E-state index in [0.717, 1.165) is 31.3 Å². The highest BCUT2D eigenvalue weighted by molar-refractivity contribution is 7.91. The van der Waals surface area contributed by atoms with Crippen molar-refractivity contribution in [2.24, 2.45) is 5.73 Å². The number of sulfone groups is 1. The molecule has 3 aromatic rings. The molecule has 1 aliphatic rings. The molecule has 1 atom stereocenters. The summed E-state index contributed by atoms with van der Waals surface area (Å²) in [6.45, 7) is 0. The third kappa shape index (κ3) is 4.99. The van der Waals surface area contributed by atoms with E-state index in [2.05, 4.69) is 0 Å². The number of methoxy groups -OCH3 is 2. The third-order valence-electron chi connectivity index (χ3n) is 6.35. The molecule has 2 N–H and O–H groups in total. The van der Waals surface area contributed by atoms with E-state index in [4.69, 9.17) is 15.2 Å². The second-order valence-corrected chi connectivity index (χ2v) is 10.5. The van der Waals surface area contributed by atoms with Gasteiger partial charge in [-0.1, -0.05) is 48.5 Å². The number of carbonyl (C=O) groups is 2. The van der Waals surface area contributed by atoms with Gasteiger partial charge in [-0.3, -0.25) is 15.0 Å². The molecule has 208 valence electrons. The van der Waals surface area contributed by atoms with Gasteiger partial charge in [-0.15, -0.1) is 0 Å². The number of hydrogen-bond donors (Lipinski definition) is 1. The molecule has 3 aromatic carbocycles. The molecule has 0 aromatic heterocycles. The number of carbonyl (C=O) groups excluding carboxylic acids is 2. The van der Waals surface area contributed by atoms with Crippen molar-refractivity contribution in [2.75, 3.05) is 19.1 Å². The molecule has 0 aliphatic carbocycles. The molecule has 1 unspecified atom stereocenters. The highest BCUT2D eigenvalue weighted by atomic mass is 32.2. The van der Waals surface area contributed by atoms with E-state index in [-0.39, 0.29) is 27.6 Å². The average molecular weight is 575 g/mol. The maximum Gasteiger partial charge on any atom is 0.355 e. The van der Waals surface area contributed by atoms with Crippen LogP contribution in [0.25, 0.3) is 0 Å². The van der Waals surface area contributed by atoms with E-state index in [0.29, 0.717) is 5.56 Å². The lowest BCUT2D eigenvalue weighted by Gasteiger charge is -2.35. The first-order valence-corrected chi connectivity index (χ1v) is 13.3. The summed E-state index contributed by atoms with van der Waals surface area (Å²) in [5.41, 5.74) is 4.93. The summed E-state index contributed by atoms with van der Waals surface area (Å²) in [6, 6.07) is 20.4. The standard InChI is InChI=1S/C28H22N4O8S/c1-39-27(33)24-23(17-9-5-3-6-10-17)20(16-29)26(30)31(25(24)28(34)40-2)18-13-14-22(21(15-18)32(35)36)41(37,38)19-11-7-4-8-12-19/h3-15,23H,30H2,1-2H3. The van der Waals surface area contributed by atoms with Crippen molar-refractivity contribution in [3.63, 3.8) is 0 Å². The number of rotatable bonds is 7. The van der Waals surface area contributed by atoms with E-state index in [1.54, 1.807) is 36.4 Å².